The second-order valence-corrected chi connectivity index (χ2v) is 6.90. The molecule has 134 valence electrons. The van der Waals surface area contributed by atoms with Gasteiger partial charge in [-0.05, 0) is 42.0 Å². The lowest BCUT2D eigenvalue weighted by Gasteiger charge is -2.23. The first-order valence-electron chi connectivity index (χ1n) is 9.04. The Labute approximate surface area is 152 Å². The van der Waals surface area contributed by atoms with Crippen molar-refractivity contribution in [2.45, 2.75) is 31.7 Å². The SMILES string of the molecule is CC(=O)C1CCCN1NC(=O)OCC1c2ccccc2-c2ccccc21. The van der Waals surface area contributed by atoms with E-state index in [1.54, 1.807) is 11.9 Å². The summed E-state index contributed by atoms with van der Waals surface area (Å²) in [6.07, 6.45) is 1.17. The number of nitrogens with zero attached hydrogens (tertiary/aromatic N) is 1. The molecule has 0 spiro atoms. The number of nitrogens with one attached hydrogen (secondary N) is 1. The molecule has 0 saturated carbocycles. The molecule has 26 heavy (non-hydrogen) atoms. The lowest BCUT2D eigenvalue weighted by atomic mass is 9.98. The predicted octanol–water partition coefficient (Wildman–Crippen LogP) is 3.49. The van der Waals surface area contributed by atoms with Crippen molar-refractivity contribution >= 4 is 11.9 Å². The highest BCUT2D eigenvalue weighted by Crippen LogP contribution is 2.44. The highest BCUT2D eigenvalue weighted by Gasteiger charge is 2.31. The van der Waals surface area contributed by atoms with Crippen molar-refractivity contribution in [1.29, 1.82) is 0 Å². The van der Waals surface area contributed by atoms with Gasteiger partial charge >= 0.3 is 6.09 Å². The zero-order valence-electron chi connectivity index (χ0n) is 14.8. The fourth-order valence-corrected chi connectivity index (χ4v) is 4.07. The van der Waals surface area contributed by atoms with Gasteiger partial charge in [-0.3, -0.25) is 10.2 Å². The van der Waals surface area contributed by atoms with Crippen LogP contribution >= 0.6 is 0 Å². The number of carbonyl (C=O) groups is 2. The summed E-state index contributed by atoms with van der Waals surface area (Å²) >= 11 is 0. The molecule has 1 heterocycles. The third kappa shape index (κ3) is 2.99. The lowest BCUT2D eigenvalue weighted by molar-refractivity contribution is -0.121. The molecule has 5 heteroatoms. The Morgan fingerprint density at radius 2 is 1.69 bits per heavy atom. The third-order valence-corrected chi connectivity index (χ3v) is 5.30. The van der Waals surface area contributed by atoms with Gasteiger partial charge in [-0.15, -0.1) is 0 Å². The molecule has 1 amide bonds. The van der Waals surface area contributed by atoms with Gasteiger partial charge in [0, 0.05) is 12.5 Å². The summed E-state index contributed by atoms with van der Waals surface area (Å²) in [5, 5.41) is 1.70. The zero-order chi connectivity index (χ0) is 18.1. The van der Waals surface area contributed by atoms with Crippen LogP contribution in [-0.4, -0.2) is 36.1 Å². The first-order valence-corrected chi connectivity index (χ1v) is 9.04. The molecule has 2 aromatic carbocycles. The molecule has 4 rings (SSSR count). The molecular formula is C21H22N2O3. The van der Waals surface area contributed by atoms with Crippen LogP contribution in [0.25, 0.3) is 11.1 Å². The number of hydrazine groups is 1. The van der Waals surface area contributed by atoms with Gasteiger partial charge in [0.15, 0.2) is 0 Å². The van der Waals surface area contributed by atoms with Crippen molar-refractivity contribution in [3.05, 3.63) is 59.7 Å². The summed E-state index contributed by atoms with van der Waals surface area (Å²) in [7, 11) is 0. The number of fused-ring (bicyclic) bond motifs is 3. The number of hydrogen-bond donors (Lipinski definition) is 1. The van der Waals surface area contributed by atoms with Crippen molar-refractivity contribution in [2.24, 2.45) is 0 Å². The van der Waals surface area contributed by atoms with Crippen LogP contribution in [0.4, 0.5) is 4.79 Å². The van der Waals surface area contributed by atoms with E-state index < -0.39 is 6.09 Å². The highest BCUT2D eigenvalue weighted by molar-refractivity contribution is 5.82. The van der Waals surface area contributed by atoms with Crippen LogP contribution in [0.15, 0.2) is 48.5 Å². The Morgan fingerprint density at radius 1 is 1.08 bits per heavy atom. The summed E-state index contributed by atoms with van der Waals surface area (Å²) in [5.41, 5.74) is 7.51. The molecule has 0 radical (unpaired) electrons. The Hall–Kier alpha value is -2.66. The number of hydrogen-bond acceptors (Lipinski definition) is 4. The van der Waals surface area contributed by atoms with Crippen molar-refractivity contribution in [2.75, 3.05) is 13.2 Å². The summed E-state index contributed by atoms with van der Waals surface area (Å²) in [5.74, 6) is 0.108. The van der Waals surface area contributed by atoms with E-state index in [0.717, 1.165) is 12.8 Å². The second-order valence-electron chi connectivity index (χ2n) is 6.90. The van der Waals surface area contributed by atoms with Gasteiger partial charge in [0.2, 0.25) is 0 Å². The summed E-state index contributed by atoms with van der Waals surface area (Å²) in [6.45, 7) is 2.51. The number of benzene rings is 2. The Balaban J connectivity index is 1.45. The lowest BCUT2D eigenvalue weighted by Crippen LogP contribution is -2.48. The van der Waals surface area contributed by atoms with E-state index in [0.29, 0.717) is 6.54 Å². The number of Topliss-reactive ketones (excluding diaryl/α,β-unsaturated/α-hetero) is 1. The van der Waals surface area contributed by atoms with Crippen molar-refractivity contribution in [3.63, 3.8) is 0 Å². The average Bonchev–Trinajstić information content (AvgIpc) is 3.23. The largest absolute Gasteiger partial charge is 0.448 e. The Morgan fingerprint density at radius 3 is 2.31 bits per heavy atom. The molecule has 1 unspecified atom stereocenters. The van der Waals surface area contributed by atoms with Gasteiger partial charge in [0.1, 0.15) is 12.4 Å². The van der Waals surface area contributed by atoms with Crippen LogP contribution in [0.5, 0.6) is 0 Å². The number of carbonyl (C=O) groups excluding carboxylic acids is 2. The summed E-state index contributed by atoms with van der Waals surface area (Å²) in [6, 6.07) is 16.2. The van der Waals surface area contributed by atoms with Crippen molar-refractivity contribution < 1.29 is 14.3 Å². The van der Waals surface area contributed by atoms with E-state index in [-0.39, 0.29) is 24.3 Å². The molecule has 0 bridgehead atoms. The van der Waals surface area contributed by atoms with Crippen LogP contribution in [0.1, 0.15) is 36.8 Å². The van der Waals surface area contributed by atoms with Crippen LogP contribution < -0.4 is 5.43 Å². The van der Waals surface area contributed by atoms with Crippen molar-refractivity contribution in [1.82, 2.24) is 10.4 Å². The van der Waals surface area contributed by atoms with Gasteiger partial charge in [0.25, 0.3) is 0 Å². The number of rotatable bonds is 4. The molecule has 1 atom stereocenters. The smallest absolute Gasteiger partial charge is 0.421 e. The normalized spacial score (nSPS) is 19.0. The molecule has 1 fully saturated rings. The third-order valence-electron chi connectivity index (χ3n) is 5.30. The monoisotopic (exact) mass is 350 g/mol. The van der Waals surface area contributed by atoms with E-state index in [1.807, 2.05) is 24.3 Å². The molecule has 1 saturated heterocycles. The van der Waals surface area contributed by atoms with Crippen molar-refractivity contribution in [3.8, 4) is 11.1 Å². The topological polar surface area (TPSA) is 58.6 Å². The van der Waals surface area contributed by atoms with Crippen LogP contribution in [0.2, 0.25) is 0 Å². The van der Waals surface area contributed by atoms with E-state index >= 15 is 0 Å². The van der Waals surface area contributed by atoms with E-state index in [9.17, 15) is 9.59 Å². The second kappa shape index (κ2) is 6.92. The molecule has 2 aromatic rings. The van der Waals surface area contributed by atoms with Gasteiger partial charge in [-0.1, -0.05) is 48.5 Å². The minimum atomic E-state index is -0.500. The minimum absolute atomic E-state index is 0.0373. The van der Waals surface area contributed by atoms with E-state index in [1.165, 1.54) is 22.3 Å². The summed E-state index contributed by atoms with van der Waals surface area (Å²) in [4.78, 5) is 23.9. The first kappa shape index (κ1) is 16.8. The fraction of sp³-hybridized carbons (Fsp3) is 0.333. The standard InChI is InChI=1S/C21H22N2O3/c1-14(24)20-11-6-12-23(20)22-21(25)26-13-19-17-9-4-2-7-15(17)16-8-3-5-10-18(16)19/h2-5,7-10,19-20H,6,11-13H2,1H3,(H,22,25). The molecular weight excluding hydrogens is 328 g/mol. The molecule has 0 aromatic heterocycles. The quantitative estimate of drug-likeness (QED) is 0.917. The first-order chi connectivity index (χ1) is 12.6. The van der Waals surface area contributed by atoms with Crippen LogP contribution in [0, 0.1) is 0 Å². The van der Waals surface area contributed by atoms with Crippen LogP contribution in [0.3, 0.4) is 0 Å². The zero-order valence-corrected chi connectivity index (χ0v) is 14.8. The van der Waals surface area contributed by atoms with Gasteiger partial charge in [-0.25, -0.2) is 9.80 Å². The Bertz CT molecular complexity index is 803. The van der Waals surface area contributed by atoms with Gasteiger partial charge < -0.3 is 4.74 Å². The molecule has 2 aliphatic rings. The molecule has 5 nitrogen and oxygen atoms in total. The average molecular weight is 350 g/mol. The highest BCUT2D eigenvalue weighted by atomic mass is 16.6. The molecule has 1 N–H and O–H groups in total. The number of ketones is 1. The maximum Gasteiger partial charge on any atom is 0.421 e. The van der Waals surface area contributed by atoms with Gasteiger partial charge in [0.05, 0.1) is 6.04 Å². The number of amides is 1. The van der Waals surface area contributed by atoms with E-state index in [2.05, 4.69) is 29.7 Å². The number of ether oxygens (including phenoxy) is 1. The van der Waals surface area contributed by atoms with E-state index in [4.69, 9.17) is 4.74 Å². The summed E-state index contributed by atoms with van der Waals surface area (Å²) < 4.78 is 5.53. The fourth-order valence-electron chi connectivity index (χ4n) is 4.07. The minimum Gasteiger partial charge on any atom is -0.448 e. The maximum atomic E-state index is 12.3. The molecule has 1 aliphatic carbocycles. The van der Waals surface area contributed by atoms with Crippen LogP contribution in [-0.2, 0) is 9.53 Å². The predicted molar refractivity (Wildman–Crippen MR) is 98.6 cm³/mol. The molecule has 1 aliphatic heterocycles. The maximum absolute atomic E-state index is 12.3. The van der Waals surface area contributed by atoms with Gasteiger partial charge in [-0.2, -0.15) is 0 Å². The Kier molecular flexibility index (Phi) is 4.47.